The summed E-state index contributed by atoms with van der Waals surface area (Å²) in [5.74, 6) is 4.87. The maximum Gasteiger partial charge on any atom is 0.114 e. The topological polar surface area (TPSA) is 38.5 Å². The van der Waals surface area contributed by atoms with E-state index in [1.807, 2.05) is 11.9 Å². The molecule has 1 rings (SSSR count). The first kappa shape index (κ1) is 7.91. The smallest absolute Gasteiger partial charge is 0.114 e. The van der Waals surface area contributed by atoms with E-state index in [0.717, 1.165) is 0 Å². The predicted octanol–water partition coefficient (Wildman–Crippen LogP) is -0.0811. The van der Waals surface area contributed by atoms with Crippen LogP contribution >= 0.6 is 0 Å². The monoisotopic (exact) mass is 148 g/mol. The molecule has 0 saturated carbocycles. The number of likely N-dealkylation sites (tertiary alicyclic amines) is 1. The van der Waals surface area contributed by atoms with Crippen molar-refractivity contribution in [2.24, 2.45) is 5.90 Å². The van der Waals surface area contributed by atoms with Crippen LogP contribution in [0, 0.1) is 0 Å². The van der Waals surface area contributed by atoms with Crippen molar-refractivity contribution in [3.63, 3.8) is 0 Å². The lowest BCUT2D eigenvalue weighted by molar-refractivity contribution is 0.0869. The Bertz CT molecular complexity index is 112. The van der Waals surface area contributed by atoms with Gasteiger partial charge >= 0.3 is 0 Å². The summed E-state index contributed by atoms with van der Waals surface area (Å²) in [6.07, 6.45) is -0.154. The van der Waals surface area contributed by atoms with E-state index in [1.54, 1.807) is 0 Å². The average Bonchev–Trinajstić information content (AvgIpc) is 2.13. The lowest BCUT2D eigenvalue weighted by Crippen LogP contribution is -2.30. The summed E-state index contributed by atoms with van der Waals surface area (Å²) < 4.78 is 12.6. The van der Waals surface area contributed by atoms with Gasteiger partial charge in [0.2, 0.25) is 0 Å². The fourth-order valence-electron chi connectivity index (χ4n) is 1.32. The standard InChI is InChI=1S/C6H13FN2O/c1-9-3-5(7)2-6(9)4-10-8/h5-6H,2-4,8H2,1H3/t5-,6+/m1/s1. The quantitative estimate of drug-likeness (QED) is 0.557. The van der Waals surface area contributed by atoms with Crippen LogP contribution in [-0.2, 0) is 4.84 Å². The lowest BCUT2D eigenvalue weighted by Gasteiger charge is -2.16. The largest absolute Gasteiger partial charge is 0.303 e. The van der Waals surface area contributed by atoms with E-state index in [0.29, 0.717) is 19.6 Å². The fraction of sp³-hybridized carbons (Fsp3) is 1.00. The Labute approximate surface area is 59.9 Å². The Hall–Kier alpha value is -0.190. The second-order valence-electron chi connectivity index (χ2n) is 2.76. The molecule has 2 N–H and O–H groups in total. The predicted molar refractivity (Wildman–Crippen MR) is 36.1 cm³/mol. The molecule has 0 aromatic carbocycles. The van der Waals surface area contributed by atoms with Crippen LogP contribution in [0.15, 0.2) is 0 Å². The minimum absolute atomic E-state index is 0.167. The number of hydrogen-bond donors (Lipinski definition) is 1. The summed E-state index contributed by atoms with van der Waals surface area (Å²) in [4.78, 5) is 6.36. The van der Waals surface area contributed by atoms with Crippen LogP contribution in [0.4, 0.5) is 4.39 Å². The van der Waals surface area contributed by atoms with Gasteiger partial charge in [0.05, 0.1) is 6.61 Å². The van der Waals surface area contributed by atoms with Crippen LogP contribution in [0.3, 0.4) is 0 Å². The molecule has 1 aliphatic heterocycles. The lowest BCUT2D eigenvalue weighted by atomic mass is 10.2. The van der Waals surface area contributed by atoms with Gasteiger partial charge in [0.15, 0.2) is 0 Å². The van der Waals surface area contributed by atoms with Gasteiger partial charge in [-0.2, -0.15) is 0 Å². The molecule has 0 unspecified atom stereocenters. The zero-order valence-corrected chi connectivity index (χ0v) is 6.09. The normalized spacial score (nSPS) is 35.1. The molecule has 1 fully saturated rings. The first-order valence-corrected chi connectivity index (χ1v) is 3.40. The highest BCUT2D eigenvalue weighted by atomic mass is 19.1. The number of nitrogens with two attached hydrogens (primary N) is 1. The van der Waals surface area contributed by atoms with Gasteiger partial charge in [-0.1, -0.05) is 0 Å². The first-order chi connectivity index (χ1) is 4.74. The van der Waals surface area contributed by atoms with Gasteiger partial charge in [-0.05, 0) is 13.5 Å². The third kappa shape index (κ3) is 1.65. The zero-order valence-electron chi connectivity index (χ0n) is 6.09. The molecule has 0 amide bonds. The Morgan fingerprint density at radius 3 is 2.90 bits per heavy atom. The van der Waals surface area contributed by atoms with E-state index in [2.05, 4.69) is 4.84 Å². The molecule has 60 valence electrons. The fourth-order valence-corrected chi connectivity index (χ4v) is 1.32. The van der Waals surface area contributed by atoms with Gasteiger partial charge in [0.25, 0.3) is 0 Å². The second kappa shape index (κ2) is 3.27. The molecule has 0 radical (unpaired) electrons. The Kier molecular flexibility index (Phi) is 2.59. The minimum atomic E-state index is -0.704. The number of nitrogens with zero attached hydrogens (tertiary/aromatic N) is 1. The summed E-state index contributed by atoms with van der Waals surface area (Å²) in [5.41, 5.74) is 0. The van der Waals surface area contributed by atoms with E-state index in [4.69, 9.17) is 5.90 Å². The molecule has 3 nitrogen and oxygen atoms in total. The molecule has 1 aliphatic rings. The number of rotatable bonds is 2. The molecular formula is C6H13FN2O. The number of halogens is 1. The van der Waals surface area contributed by atoms with E-state index in [-0.39, 0.29) is 6.04 Å². The van der Waals surface area contributed by atoms with Crippen LogP contribution < -0.4 is 5.90 Å². The van der Waals surface area contributed by atoms with Gasteiger partial charge in [0, 0.05) is 12.6 Å². The van der Waals surface area contributed by atoms with Gasteiger partial charge in [-0.15, -0.1) is 0 Å². The van der Waals surface area contributed by atoms with Crippen molar-refractivity contribution < 1.29 is 9.23 Å². The van der Waals surface area contributed by atoms with Crippen molar-refractivity contribution >= 4 is 0 Å². The molecule has 0 bridgehead atoms. The van der Waals surface area contributed by atoms with Crippen molar-refractivity contribution in [3.05, 3.63) is 0 Å². The maximum atomic E-state index is 12.6. The van der Waals surface area contributed by atoms with Crippen LogP contribution in [0.5, 0.6) is 0 Å². The summed E-state index contributed by atoms with van der Waals surface area (Å²) in [6, 6.07) is 0.167. The molecule has 0 aromatic rings. The van der Waals surface area contributed by atoms with Gasteiger partial charge in [-0.25, -0.2) is 10.3 Å². The molecule has 10 heavy (non-hydrogen) atoms. The third-order valence-corrected chi connectivity index (χ3v) is 1.93. The highest BCUT2D eigenvalue weighted by Crippen LogP contribution is 2.17. The van der Waals surface area contributed by atoms with Gasteiger partial charge in [0.1, 0.15) is 6.17 Å². The molecule has 0 aliphatic carbocycles. The molecule has 1 saturated heterocycles. The van der Waals surface area contributed by atoms with Crippen LogP contribution in [-0.4, -0.2) is 37.3 Å². The van der Waals surface area contributed by atoms with Crippen LogP contribution in [0.2, 0.25) is 0 Å². The van der Waals surface area contributed by atoms with E-state index < -0.39 is 6.17 Å². The minimum Gasteiger partial charge on any atom is -0.303 e. The van der Waals surface area contributed by atoms with E-state index in [1.165, 1.54) is 0 Å². The van der Waals surface area contributed by atoms with Crippen molar-refractivity contribution in [3.8, 4) is 0 Å². The van der Waals surface area contributed by atoms with Gasteiger partial charge < -0.3 is 4.84 Å². The summed E-state index contributed by atoms with van der Waals surface area (Å²) in [5, 5.41) is 0. The van der Waals surface area contributed by atoms with E-state index >= 15 is 0 Å². The number of likely N-dealkylation sites (N-methyl/N-ethyl adjacent to an activating group) is 1. The summed E-state index contributed by atoms with van der Waals surface area (Å²) in [6.45, 7) is 0.935. The van der Waals surface area contributed by atoms with Crippen molar-refractivity contribution in [1.29, 1.82) is 0 Å². The summed E-state index contributed by atoms with van der Waals surface area (Å²) >= 11 is 0. The Balaban J connectivity index is 2.31. The third-order valence-electron chi connectivity index (χ3n) is 1.93. The van der Waals surface area contributed by atoms with Crippen LogP contribution in [0.25, 0.3) is 0 Å². The SMILES string of the molecule is CN1C[C@H](F)C[C@H]1CON. The summed E-state index contributed by atoms with van der Waals surface area (Å²) in [7, 11) is 1.88. The first-order valence-electron chi connectivity index (χ1n) is 3.40. The molecule has 0 aromatic heterocycles. The second-order valence-corrected chi connectivity index (χ2v) is 2.76. The highest BCUT2D eigenvalue weighted by Gasteiger charge is 2.28. The maximum absolute atomic E-state index is 12.6. The highest BCUT2D eigenvalue weighted by molar-refractivity contribution is 4.82. The zero-order chi connectivity index (χ0) is 7.56. The Morgan fingerprint density at radius 2 is 2.50 bits per heavy atom. The molecule has 0 spiro atoms. The van der Waals surface area contributed by atoms with Gasteiger partial charge in [-0.3, -0.25) is 4.90 Å². The molecule has 1 heterocycles. The van der Waals surface area contributed by atoms with Crippen molar-refractivity contribution in [2.45, 2.75) is 18.6 Å². The van der Waals surface area contributed by atoms with Crippen molar-refractivity contribution in [2.75, 3.05) is 20.2 Å². The molecule has 2 atom stereocenters. The molecule has 4 heteroatoms. The average molecular weight is 148 g/mol. The number of hydrogen-bond acceptors (Lipinski definition) is 3. The van der Waals surface area contributed by atoms with E-state index in [9.17, 15) is 4.39 Å². The van der Waals surface area contributed by atoms with Crippen LogP contribution in [0.1, 0.15) is 6.42 Å². The Morgan fingerprint density at radius 1 is 1.80 bits per heavy atom. The molecular weight excluding hydrogens is 135 g/mol. The van der Waals surface area contributed by atoms with Crippen molar-refractivity contribution in [1.82, 2.24) is 4.90 Å². The number of alkyl halides is 1.